The van der Waals surface area contributed by atoms with Gasteiger partial charge in [-0.3, -0.25) is 0 Å². The number of hydrogen-bond acceptors (Lipinski definition) is 4. The summed E-state index contributed by atoms with van der Waals surface area (Å²) in [6.07, 6.45) is 0. The van der Waals surface area contributed by atoms with Crippen molar-refractivity contribution in [2.75, 3.05) is 9.80 Å². The molecule has 2 aromatic heterocycles. The summed E-state index contributed by atoms with van der Waals surface area (Å²) >= 11 is 0. The molecule has 0 bridgehead atoms. The van der Waals surface area contributed by atoms with Gasteiger partial charge in [0.05, 0.1) is 0 Å². The van der Waals surface area contributed by atoms with Crippen molar-refractivity contribution in [1.29, 1.82) is 0 Å². The van der Waals surface area contributed by atoms with Crippen LogP contribution in [0.15, 0.2) is 167 Å². The van der Waals surface area contributed by atoms with Crippen molar-refractivity contribution < 1.29 is 26.4 Å². The fourth-order valence-electron chi connectivity index (χ4n) is 9.51. The molecule has 0 fully saturated rings. The fourth-order valence-corrected chi connectivity index (χ4v) is 9.51. The first-order valence-corrected chi connectivity index (χ1v) is 21.4. The van der Waals surface area contributed by atoms with E-state index in [0.717, 1.165) is 88.4 Å². The van der Waals surface area contributed by atoms with Gasteiger partial charge >= 0.3 is 0 Å². The highest BCUT2D eigenvalue weighted by molar-refractivity contribution is 6.24. The molecule has 0 aliphatic heterocycles. The molecule has 8 heteroatoms. The maximum Gasteiger partial charge on any atom is 0.178 e. The molecule has 11 rings (SSSR count). The Kier molecular flexibility index (Phi) is 9.24. The third-order valence-electron chi connectivity index (χ3n) is 12.3. The summed E-state index contributed by atoms with van der Waals surface area (Å²) < 4.78 is 70.2. The summed E-state index contributed by atoms with van der Waals surface area (Å²) in [5.74, 6) is -1.07. The SMILES string of the molecule is CC(C)c1c(C(C)C)c2c3cc4ccc(N(c5ccc(F)cc5)c5ccc(F)cc5)cc4cc3oc2c2oc3cc4cc(N(c5ccc(F)cc5)c5ccc(F)cc5)ccc4cc3c12. The Balaban J connectivity index is 1.11. The van der Waals surface area contributed by atoms with Crippen LogP contribution in [-0.2, 0) is 0 Å². The van der Waals surface area contributed by atoms with Gasteiger partial charge in [-0.1, -0.05) is 39.8 Å². The quantitative estimate of drug-likeness (QED) is 0.143. The summed E-state index contributed by atoms with van der Waals surface area (Å²) in [7, 11) is 0. The molecule has 0 aliphatic carbocycles. The lowest BCUT2D eigenvalue weighted by atomic mass is 9.84. The first-order chi connectivity index (χ1) is 31.0. The summed E-state index contributed by atoms with van der Waals surface area (Å²) in [6.45, 7) is 8.91. The standard InChI is InChI=1S/C56H40F4N2O2/c1-31(2)51-52(32(3)4)54-48-28-34-6-16-46(62(43-21-11-39(59)12-22-43)44-23-13-40(60)14-24-44)26-36(34)30-50(48)64-56(54)55-53(51)47-27-33-5-15-45(25-35(33)29-49(47)63-55)61(41-17-7-37(57)8-18-41)42-19-9-38(58)10-20-42/h5-32H,1-4H3. The first-order valence-electron chi connectivity index (χ1n) is 21.4. The molecular formula is C56H40F4N2O2. The van der Waals surface area contributed by atoms with Crippen molar-refractivity contribution in [3.8, 4) is 0 Å². The maximum absolute atomic E-state index is 14.1. The Bertz CT molecular complexity index is 3260. The van der Waals surface area contributed by atoms with Gasteiger partial charge < -0.3 is 18.6 Å². The minimum Gasteiger partial charge on any atom is -0.452 e. The highest BCUT2D eigenvalue weighted by Crippen LogP contribution is 2.49. The molecule has 0 saturated carbocycles. The molecule has 0 radical (unpaired) electrons. The van der Waals surface area contributed by atoms with Crippen molar-refractivity contribution in [1.82, 2.24) is 0 Å². The minimum atomic E-state index is -0.343. The number of halogens is 4. The Labute approximate surface area is 366 Å². The van der Waals surface area contributed by atoms with E-state index in [-0.39, 0.29) is 35.1 Å². The van der Waals surface area contributed by atoms with Crippen LogP contribution in [0.2, 0.25) is 0 Å². The second-order valence-electron chi connectivity index (χ2n) is 17.1. The van der Waals surface area contributed by atoms with Gasteiger partial charge in [0.25, 0.3) is 0 Å². The number of fused-ring (bicyclic) bond motifs is 9. The van der Waals surface area contributed by atoms with E-state index in [4.69, 9.17) is 8.83 Å². The second kappa shape index (κ2) is 15.1. The highest BCUT2D eigenvalue weighted by atomic mass is 19.1. The van der Waals surface area contributed by atoms with E-state index in [1.807, 2.05) is 21.9 Å². The van der Waals surface area contributed by atoms with Gasteiger partial charge in [0, 0.05) is 55.7 Å². The summed E-state index contributed by atoms with van der Waals surface area (Å²) in [5.41, 5.74) is 9.81. The predicted octanol–water partition coefficient (Wildman–Crippen LogP) is 17.5. The van der Waals surface area contributed by atoms with Gasteiger partial charge in [-0.15, -0.1) is 0 Å². The summed E-state index contributed by atoms with van der Waals surface area (Å²) in [4.78, 5) is 3.95. The van der Waals surface area contributed by atoms with Gasteiger partial charge in [0.1, 0.15) is 34.4 Å². The smallest absolute Gasteiger partial charge is 0.178 e. The normalized spacial score (nSPS) is 12.0. The van der Waals surface area contributed by atoms with Crippen LogP contribution in [0.5, 0.6) is 0 Å². The number of benzene rings is 9. The van der Waals surface area contributed by atoms with Crippen molar-refractivity contribution in [3.05, 3.63) is 192 Å². The lowest BCUT2D eigenvalue weighted by molar-refractivity contribution is 0.627. The Morgan fingerprint density at radius 1 is 0.344 bits per heavy atom. The number of anilines is 6. The molecule has 4 nitrogen and oxygen atoms in total. The van der Waals surface area contributed by atoms with Gasteiger partial charge in [-0.2, -0.15) is 0 Å². The van der Waals surface area contributed by atoms with Crippen LogP contribution in [0.25, 0.3) is 65.4 Å². The van der Waals surface area contributed by atoms with Crippen LogP contribution >= 0.6 is 0 Å². The molecule has 64 heavy (non-hydrogen) atoms. The molecule has 0 atom stereocenters. The monoisotopic (exact) mass is 848 g/mol. The van der Waals surface area contributed by atoms with E-state index < -0.39 is 0 Å². The molecule has 0 saturated heterocycles. The summed E-state index contributed by atoms with van der Waals surface area (Å²) in [6, 6.07) is 45.9. The fraction of sp³-hybridized carbons (Fsp3) is 0.107. The third kappa shape index (κ3) is 6.51. The lowest BCUT2D eigenvalue weighted by Gasteiger charge is -2.25. The molecule has 0 unspecified atom stereocenters. The van der Waals surface area contributed by atoms with Crippen molar-refractivity contribution in [2.45, 2.75) is 39.5 Å². The maximum atomic E-state index is 14.1. The summed E-state index contributed by atoms with van der Waals surface area (Å²) in [5, 5.41) is 7.96. The number of nitrogens with zero attached hydrogens (tertiary/aromatic N) is 2. The van der Waals surface area contributed by atoms with Crippen LogP contribution < -0.4 is 9.80 Å². The second-order valence-corrected chi connectivity index (χ2v) is 17.1. The Hall–Kier alpha value is -7.58. The van der Waals surface area contributed by atoms with E-state index in [9.17, 15) is 17.6 Å². The molecule has 0 aliphatic rings. The number of rotatable bonds is 8. The first kappa shape index (κ1) is 39.3. The van der Waals surface area contributed by atoms with Crippen molar-refractivity contribution >= 4 is 99.5 Å². The van der Waals surface area contributed by atoms with Crippen LogP contribution in [0, 0.1) is 23.3 Å². The lowest BCUT2D eigenvalue weighted by Crippen LogP contribution is -2.10. The van der Waals surface area contributed by atoms with E-state index in [1.54, 1.807) is 48.5 Å². The number of furan rings is 2. The topological polar surface area (TPSA) is 32.8 Å². The van der Waals surface area contributed by atoms with E-state index in [1.165, 1.54) is 59.7 Å². The molecule has 0 N–H and O–H groups in total. The number of hydrogen-bond donors (Lipinski definition) is 0. The van der Waals surface area contributed by atoms with Crippen LogP contribution in [0.1, 0.15) is 50.7 Å². The molecule has 0 amide bonds. The molecule has 0 spiro atoms. The Morgan fingerprint density at radius 3 is 0.938 bits per heavy atom. The zero-order chi connectivity index (χ0) is 44.0. The zero-order valence-corrected chi connectivity index (χ0v) is 35.4. The third-order valence-corrected chi connectivity index (χ3v) is 12.3. The van der Waals surface area contributed by atoms with Crippen LogP contribution in [0.3, 0.4) is 0 Å². The van der Waals surface area contributed by atoms with E-state index in [0.29, 0.717) is 11.2 Å². The van der Waals surface area contributed by atoms with Gasteiger partial charge in [-0.25, -0.2) is 17.6 Å². The van der Waals surface area contributed by atoms with Crippen LogP contribution in [0.4, 0.5) is 51.7 Å². The highest BCUT2D eigenvalue weighted by Gasteiger charge is 2.28. The van der Waals surface area contributed by atoms with Crippen molar-refractivity contribution in [2.24, 2.45) is 0 Å². The average molecular weight is 849 g/mol. The zero-order valence-electron chi connectivity index (χ0n) is 35.4. The predicted molar refractivity (Wildman–Crippen MR) is 253 cm³/mol. The van der Waals surface area contributed by atoms with E-state index >= 15 is 0 Å². The van der Waals surface area contributed by atoms with Gasteiger partial charge in [-0.05, 0) is 190 Å². The van der Waals surface area contributed by atoms with Crippen molar-refractivity contribution in [3.63, 3.8) is 0 Å². The van der Waals surface area contributed by atoms with Crippen LogP contribution in [-0.4, -0.2) is 0 Å². The molecule has 11 aromatic rings. The molecule has 2 heterocycles. The van der Waals surface area contributed by atoms with E-state index in [2.05, 4.69) is 76.2 Å². The minimum absolute atomic E-state index is 0.153. The molecule has 314 valence electrons. The molecule has 9 aromatic carbocycles. The van der Waals surface area contributed by atoms with Gasteiger partial charge in [0.15, 0.2) is 11.2 Å². The van der Waals surface area contributed by atoms with Gasteiger partial charge in [0.2, 0.25) is 0 Å². The largest absolute Gasteiger partial charge is 0.452 e. The molecular weight excluding hydrogens is 809 g/mol. The Morgan fingerprint density at radius 2 is 0.641 bits per heavy atom. The average Bonchev–Trinajstić information content (AvgIpc) is 3.84.